The van der Waals surface area contributed by atoms with E-state index in [1.54, 1.807) is 14.0 Å². The highest BCUT2D eigenvalue weighted by molar-refractivity contribution is 5.01. The summed E-state index contributed by atoms with van der Waals surface area (Å²) in [5.74, 6) is 0. The molecule has 12 heteroatoms. The van der Waals surface area contributed by atoms with Gasteiger partial charge in [0.05, 0.1) is 24.8 Å². The number of ether oxygens (including phenoxy) is 4. The first-order valence-corrected chi connectivity index (χ1v) is 11.3. The Morgan fingerprint density at radius 3 is 2.19 bits per heavy atom. The van der Waals surface area contributed by atoms with Crippen molar-refractivity contribution in [3.05, 3.63) is 0 Å². The number of aliphatic hydroxyl groups excluding tert-OH is 2. The topological polar surface area (TPSA) is 200 Å². The number of likely N-dealkylation sites (N-methyl/N-ethyl adjacent to an activating group) is 2. The van der Waals surface area contributed by atoms with Crippen molar-refractivity contribution < 1.29 is 34.3 Å². The van der Waals surface area contributed by atoms with Gasteiger partial charge in [-0.1, -0.05) is 0 Å². The first kappa shape index (κ1) is 26.1. The normalized spacial score (nSPS) is 50.3. The smallest absolute Gasteiger partial charge is 0.185 e. The Kier molecular flexibility index (Phi) is 8.86. The molecule has 3 aliphatic rings. The van der Waals surface area contributed by atoms with Gasteiger partial charge in [-0.3, -0.25) is 0 Å². The first-order chi connectivity index (χ1) is 15.1. The molecule has 1 saturated carbocycles. The third-order valence-corrected chi connectivity index (χ3v) is 6.72. The Morgan fingerprint density at radius 2 is 1.59 bits per heavy atom. The van der Waals surface area contributed by atoms with Gasteiger partial charge in [0.25, 0.3) is 0 Å². The maximum absolute atomic E-state index is 11.1. The molecule has 0 aromatic rings. The van der Waals surface area contributed by atoms with E-state index in [1.165, 1.54) is 0 Å². The number of hydrogen-bond acceptors (Lipinski definition) is 12. The fourth-order valence-corrected chi connectivity index (χ4v) is 4.90. The minimum Gasteiger partial charge on any atom is -0.388 e. The SMILES string of the molecule is CNC[C@H]1CC[C@@H](N)[C@@H](O[C@@H]2[C@H](O)[C@H](O[C@H]3OC[C@@](C)(O)[C@@H](NC)[C@H]3O)[C@H](N)C[C@@H]2N)O1. The van der Waals surface area contributed by atoms with Crippen LogP contribution >= 0.6 is 0 Å². The summed E-state index contributed by atoms with van der Waals surface area (Å²) in [4.78, 5) is 0. The minimum absolute atomic E-state index is 0.0480. The molecule has 11 N–H and O–H groups in total. The standard InChI is InChI=1S/C20H41N5O7/c1-20(28)8-29-19(14(27)17(20)25-3)32-16-12(23)6-11(22)15(13(16)26)31-18-10(21)5-4-9(30-18)7-24-2/h9-19,24-28H,4-8,21-23H2,1-3H3/t9-,10-,11+,12-,13+,14-,15+,16-,17+,18-,19-,20-/m1/s1. The highest BCUT2D eigenvalue weighted by Gasteiger charge is 2.50. The van der Waals surface area contributed by atoms with E-state index >= 15 is 0 Å². The third kappa shape index (κ3) is 5.59. The van der Waals surface area contributed by atoms with Crippen LogP contribution in [0.15, 0.2) is 0 Å². The van der Waals surface area contributed by atoms with E-state index < -0.39 is 60.7 Å². The second kappa shape index (κ2) is 10.8. The molecule has 0 aromatic carbocycles. The molecule has 0 spiro atoms. The van der Waals surface area contributed by atoms with Crippen LogP contribution in [0.5, 0.6) is 0 Å². The maximum Gasteiger partial charge on any atom is 0.185 e. The molecule has 3 rings (SSSR count). The van der Waals surface area contributed by atoms with Gasteiger partial charge in [-0.25, -0.2) is 0 Å². The van der Waals surface area contributed by atoms with Gasteiger partial charge < -0.3 is 62.1 Å². The Morgan fingerprint density at radius 1 is 0.969 bits per heavy atom. The maximum atomic E-state index is 11.1. The number of nitrogens with two attached hydrogens (primary N) is 3. The van der Waals surface area contributed by atoms with Crippen molar-refractivity contribution in [1.82, 2.24) is 10.6 Å². The molecule has 0 radical (unpaired) electrons. The molecule has 2 heterocycles. The van der Waals surface area contributed by atoms with Crippen molar-refractivity contribution in [3.63, 3.8) is 0 Å². The van der Waals surface area contributed by atoms with Crippen LogP contribution in [-0.4, -0.2) is 115 Å². The van der Waals surface area contributed by atoms with Gasteiger partial charge in [0.1, 0.15) is 30.0 Å². The zero-order valence-corrected chi connectivity index (χ0v) is 19.1. The van der Waals surface area contributed by atoms with Gasteiger partial charge in [-0.05, 0) is 40.3 Å². The third-order valence-electron chi connectivity index (χ3n) is 6.72. The van der Waals surface area contributed by atoms with Crippen LogP contribution in [0.2, 0.25) is 0 Å². The quantitative estimate of drug-likeness (QED) is 0.184. The second-order valence-corrected chi connectivity index (χ2v) is 9.47. The van der Waals surface area contributed by atoms with Crippen LogP contribution < -0.4 is 27.8 Å². The first-order valence-electron chi connectivity index (χ1n) is 11.3. The summed E-state index contributed by atoms with van der Waals surface area (Å²) in [7, 11) is 3.47. The summed E-state index contributed by atoms with van der Waals surface area (Å²) in [6.45, 7) is 2.16. The predicted octanol–water partition coefficient (Wildman–Crippen LogP) is -3.72. The zero-order chi connectivity index (χ0) is 23.6. The van der Waals surface area contributed by atoms with Gasteiger partial charge in [-0.2, -0.15) is 0 Å². The van der Waals surface area contributed by atoms with Gasteiger partial charge in [0, 0.05) is 18.6 Å². The molecule has 188 valence electrons. The van der Waals surface area contributed by atoms with Crippen LogP contribution in [0, 0.1) is 0 Å². The summed E-state index contributed by atoms with van der Waals surface area (Å²) in [5, 5.41) is 38.1. The average Bonchev–Trinajstić information content (AvgIpc) is 2.72. The summed E-state index contributed by atoms with van der Waals surface area (Å²) < 4.78 is 23.5. The lowest BCUT2D eigenvalue weighted by atomic mass is 9.84. The fourth-order valence-electron chi connectivity index (χ4n) is 4.90. The van der Waals surface area contributed by atoms with Gasteiger partial charge in [0.2, 0.25) is 0 Å². The summed E-state index contributed by atoms with van der Waals surface area (Å²) in [5.41, 5.74) is 17.4. The lowest BCUT2D eigenvalue weighted by Crippen LogP contribution is -2.68. The molecule has 32 heavy (non-hydrogen) atoms. The van der Waals surface area contributed by atoms with Crippen molar-refractivity contribution in [2.24, 2.45) is 17.2 Å². The van der Waals surface area contributed by atoms with E-state index in [4.69, 9.17) is 36.1 Å². The lowest BCUT2D eigenvalue weighted by Gasteiger charge is -2.48. The molecule has 12 atom stereocenters. The van der Waals surface area contributed by atoms with Crippen LogP contribution in [0.3, 0.4) is 0 Å². The van der Waals surface area contributed by atoms with Gasteiger partial charge >= 0.3 is 0 Å². The highest BCUT2D eigenvalue weighted by atomic mass is 16.7. The van der Waals surface area contributed by atoms with E-state index in [1.807, 2.05) is 7.05 Å². The van der Waals surface area contributed by atoms with Crippen LogP contribution in [0.25, 0.3) is 0 Å². The number of aliphatic hydroxyl groups is 3. The molecular formula is C20H41N5O7. The Labute approximate surface area is 189 Å². The monoisotopic (exact) mass is 463 g/mol. The molecule has 0 bridgehead atoms. The second-order valence-electron chi connectivity index (χ2n) is 9.47. The molecule has 2 aliphatic heterocycles. The molecule has 0 amide bonds. The molecule has 3 fully saturated rings. The summed E-state index contributed by atoms with van der Waals surface area (Å²) in [6.07, 6.45) is -4.12. The van der Waals surface area contributed by atoms with E-state index in [-0.39, 0.29) is 18.8 Å². The Balaban J connectivity index is 1.67. The lowest BCUT2D eigenvalue weighted by molar-refractivity contribution is -0.306. The Bertz CT molecular complexity index is 603. The largest absolute Gasteiger partial charge is 0.388 e. The molecule has 0 aromatic heterocycles. The Hall–Kier alpha value is -0.480. The number of rotatable bonds is 7. The van der Waals surface area contributed by atoms with Crippen LogP contribution in [0.4, 0.5) is 0 Å². The molecule has 12 nitrogen and oxygen atoms in total. The summed E-state index contributed by atoms with van der Waals surface area (Å²) in [6, 6.07) is -2.20. The molecule has 0 unspecified atom stereocenters. The predicted molar refractivity (Wildman–Crippen MR) is 115 cm³/mol. The van der Waals surface area contributed by atoms with Crippen molar-refractivity contribution in [1.29, 1.82) is 0 Å². The minimum atomic E-state index is -1.28. The van der Waals surface area contributed by atoms with Crippen molar-refractivity contribution >= 4 is 0 Å². The van der Waals surface area contributed by atoms with Crippen molar-refractivity contribution in [2.75, 3.05) is 27.2 Å². The molecular weight excluding hydrogens is 422 g/mol. The van der Waals surface area contributed by atoms with Crippen molar-refractivity contribution in [3.8, 4) is 0 Å². The summed E-state index contributed by atoms with van der Waals surface area (Å²) >= 11 is 0. The van der Waals surface area contributed by atoms with E-state index in [0.717, 1.165) is 12.8 Å². The number of hydrogen-bond donors (Lipinski definition) is 8. The van der Waals surface area contributed by atoms with E-state index in [2.05, 4.69) is 10.6 Å². The molecule has 1 aliphatic carbocycles. The van der Waals surface area contributed by atoms with Crippen LogP contribution in [0.1, 0.15) is 26.2 Å². The van der Waals surface area contributed by atoms with Crippen LogP contribution in [-0.2, 0) is 18.9 Å². The fraction of sp³-hybridized carbons (Fsp3) is 1.00. The zero-order valence-electron chi connectivity index (χ0n) is 19.1. The van der Waals surface area contributed by atoms with E-state index in [9.17, 15) is 15.3 Å². The van der Waals surface area contributed by atoms with Gasteiger partial charge in [-0.15, -0.1) is 0 Å². The van der Waals surface area contributed by atoms with Gasteiger partial charge in [0.15, 0.2) is 12.6 Å². The average molecular weight is 464 g/mol. The van der Waals surface area contributed by atoms with E-state index in [0.29, 0.717) is 13.0 Å². The van der Waals surface area contributed by atoms with Crippen molar-refractivity contribution in [2.45, 2.75) is 99.1 Å². The number of nitrogens with one attached hydrogen (secondary N) is 2. The molecule has 2 saturated heterocycles. The highest BCUT2D eigenvalue weighted by Crippen LogP contribution is 2.31.